The van der Waals surface area contributed by atoms with E-state index >= 15 is 0 Å². The molecule has 0 saturated heterocycles. The molecule has 0 aliphatic heterocycles. The summed E-state index contributed by atoms with van der Waals surface area (Å²) in [6.45, 7) is 0. The standard InChI is InChI=1S/C52H33N5/c1-3-15-34(16-4-1)44-33-45(35-17-5-2-6-18-35)54-52(53-44)57-50-29-27-36(55-46-23-11-7-19-38(46)39-20-8-12-24-47(39)55)31-42(50)43-32-37(28-30-51(43)57)56-48-25-13-9-21-40(48)41-22-10-14-26-49(41)56/h1-33H. The predicted octanol–water partition coefficient (Wildman–Crippen LogP) is 13.1. The number of fused-ring (bicyclic) bond motifs is 9. The predicted molar refractivity (Wildman–Crippen MR) is 236 cm³/mol. The van der Waals surface area contributed by atoms with Crippen LogP contribution in [-0.4, -0.2) is 23.7 Å². The van der Waals surface area contributed by atoms with Crippen molar-refractivity contribution in [3.8, 4) is 39.8 Å². The highest BCUT2D eigenvalue weighted by Crippen LogP contribution is 2.39. The Kier molecular flexibility index (Phi) is 6.86. The Morgan fingerprint density at radius 3 is 0.982 bits per heavy atom. The SMILES string of the molecule is c1ccc(-c2cc(-c3ccccc3)nc(-n3c4ccc(-n5c6ccccc6c6ccccc65)cc4c4cc(-n5c6ccccc6c6ccccc65)ccc43)n2)cc1. The van der Waals surface area contributed by atoms with Gasteiger partial charge in [-0.2, -0.15) is 0 Å². The first-order chi connectivity index (χ1) is 28.3. The molecule has 4 heterocycles. The first kappa shape index (κ1) is 31.6. The molecule has 0 bridgehead atoms. The summed E-state index contributed by atoms with van der Waals surface area (Å²) in [6.07, 6.45) is 0. The van der Waals surface area contributed by atoms with E-state index in [-0.39, 0.29) is 0 Å². The molecule has 0 aliphatic carbocycles. The molecule has 0 saturated carbocycles. The van der Waals surface area contributed by atoms with Crippen LogP contribution in [0, 0.1) is 0 Å². The van der Waals surface area contributed by atoms with Crippen molar-refractivity contribution < 1.29 is 0 Å². The fourth-order valence-corrected chi connectivity index (χ4v) is 8.94. The maximum Gasteiger partial charge on any atom is 0.235 e. The fraction of sp³-hybridized carbons (Fsp3) is 0. The molecule has 0 aliphatic rings. The van der Waals surface area contributed by atoms with Crippen molar-refractivity contribution in [2.45, 2.75) is 0 Å². The van der Waals surface area contributed by atoms with E-state index in [9.17, 15) is 0 Å². The molecule has 0 atom stereocenters. The lowest BCUT2D eigenvalue weighted by molar-refractivity contribution is 0.995. The average molecular weight is 728 g/mol. The molecule has 57 heavy (non-hydrogen) atoms. The van der Waals surface area contributed by atoms with Crippen LogP contribution in [0.3, 0.4) is 0 Å². The lowest BCUT2D eigenvalue weighted by Crippen LogP contribution is -2.04. The van der Waals surface area contributed by atoms with Gasteiger partial charge >= 0.3 is 0 Å². The molecule has 5 nitrogen and oxygen atoms in total. The van der Waals surface area contributed by atoms with Gasteiger partial charge in [0, 0.05) is 54.8 Å². The Bertz CT molecular complexity index is 3180. The normalized spacial score (nSPS) is 11.9. The number of rotatable bonds is 5. The number of hydrogen-bond acceptors (Lipinski definition) is 2. The second kappa shape index (κ2) is 12.4. The van der Waals surface area contributed by atoms with Crippen LogP contribution in [0.5, 0.6) is 0 Å². The summed E-state index contributed by atoms with van der Waals surface area (Å²) >= 11 is 0. The van der Waals surface area contributed by atoms with Crippen molar-refractivity contribution in [3.63, 3.8) is 0 Å². The topological polar surface area (TPSA) is 40.6 Å². The molecule has 12 aromatic rings. The zero-order valence-corrected chi connectivity index (χ0v) is 30.8. The van der Waals surface area contributed by atoms with Gasteiger partial charge in [0.2, 0.25) is 5.95 Å². The van der Waals surface area contributed by atoms with Crippen LogP contribution in [-0.2, 0) is 0 Å². The van der Waals surface area contributed by atoms with E-state index in [4.69, 9.17) is 9.97 Å². The van der Waals surface area contributed by atoms with Crippen LogP contribution in [0.25, 0.3) is 105 Å². The van der Waals surface area contributed by atoms with Gasteiger partial charge in [0.1, 0.15) is 0 Å². The van der Waals surface area contributed by atoms with Gasteiger partial charge in [-0.05, 0) is 66.7 Å². The van der Waals surface area contributed by atoms with Gasteiger partial charge in [-0.15, -0.1) is 0 Å². The zero-order chi connectivity index (χ0) is 37.5. The Morgan fingerprint density at radius 1 is 0.263 bits per heavy atom. The van der Waals surface area contributed by atoms with Crippen LogP contribution in [0.4, 0.5) is 0 Å². The quantitative estimate of drug-likeness (QED) is 0.177. The first-order valence-electron chi connectivity index (χ1n) is 19.3. The van der Waals surface area contributed by atoms with Crippen LogP contribution < -0.4 is 0 Å². The maximum absolute atomic E-state index is 5.32. The molecule has 0 unspecified atom stereocenters. The molecule has 0 amide bonds. The third-order valence-corrected chi connectivity index (χ3v) is 11.5. The lowest BCUT2D eigenvalue weighted by Gasteiger charge is -2.12. The molecule has 0 N–H and O–H groups in total. The molecule has 8 aromatic carbocycles. The van der Waals surface area contributed by atoms with Gasteiger partial charge in [0.05, 0.1) is 44.5 Å². The first-order valence-corrected chi connectivity index (χ1v) is 19.3. The number of aromatic nitrogens is 5. The van der Waals surface area contributed by atoms with Gasteiger partial charge in [0.25, 0.3) is 0 Å². The Morgan fingerprint density at radius 2 is 0.596 bits per heavy atom. The fourth-order valence-electron chi connectivity index (χ4n) is 8.94. The second-order valence-corrected chi connectivity index (χ2v) is 14.6. The summed E-state index contributed by atoms with van der Waals surface area (Å²) in [5.41, 5.74) is 12.8. The highest BCUT2D eigenvalue weighted by molar-refractivity contribution is 6.14. The van der Waals surface area contributed by atoms with E-state index in [1.807, 2.05) is 12.1 Å². The lowest BCUT2D eigenvalue weighted by atomic mass is 10.1. The largest absolute Gasteiger partial charge is 0.309 e. The van der Waals surface area contributed by atoms with Crippen molar-refractivity contribution >= 4 is 65.4 Å². The number of para-hydroxylation sites is 4. The Balaban J connectivity index is 1.18. The molecule has 0 spiro atoms. The zero-order valence-electron chi connectivity index (χ0n) is 30.8. The van der Waals surface area contributed by atoms with Crippen molar-refractivity contribution in [1.29, 1.82) is 0 Å². The maximum atomic E-state index is 5.32. The number of nitrogens with zero attached hydrogens (tertiary/aromatic N) is 5. The van der Waals surface area contributed by atoms with Crippen molar-refractivity contribution in [3.05, 3.63) is 200 Å². The molecular formula is C52H33N5. The van der Waals surface area contributed by atoms with Gasteiger partial charge < -0.3 is 9.13 Å². The van der Waals surface area contributed by atoms with Crippen molar-refractivity contribution in [1.82, 2.24) is 23.7 Å². The highest BCUT2D eigenvalue weighted by Gasteiger charge is 2.21. The highest BCUT2D eigenvalue weighted by atomic mass is 15.2. The minimum atomic E-state index is 0.629. The molecule has 5 heteroatoms. The summed E-state index contributed by atoms with van der Waals surface area (Å²) in [5.74, 6) is 0.629. The van der Waals surface area contributed by atoms with Crippen LogP contribution in [0.2, 0.25) is 0 Å². The van der Waals surface area contributed by atoms with Crippen molar-refractivity contribution in [2.24, 2.45) is 0 Å². The summed E-state index contributed by atoms with van der Waals surface area (Å²) < 4.78 is 7.03. The van der Waals surface area contributed by atoms with E-state index in [1.165, 1.54) is 43.6 Å². The summed E-state index contributed by atoms with van der Waals surface area (Å²) in [5, 5.41) is 7.21. The van der Waals surface area contributed by atoms with E-state index in [2.05, 4.69) is 202 Å². The monoisotopic (exact) mass is 727 g/mol. The van der Waals surface area contributed by atoms with E-state index in [0.29, 0.717) is 5.95 Å². The number of benzene rings is 8. The van der Waals surface area contributed by atoms with Crippen LogP contribution in [0.15, 0.2) is 200 Å². The minimum absolute atomic E-state index is 0.629. The minimum Gasteiger partial charge on any atom is -0.309 e. The van der Waals surface area contributed by atoms with Gasteiger partial charge in [-0.1, -0.05) is 133 Å². The Labute approximate surface area is 328 Å². The summed E-state index contributed by atoms with van der Waals surface area (Å²) in [6, 6.07) is 71.3. The van der Waals surface area contributed by atoms with Crippen molar-refractivity contribution in [2.75, 3.05) is 0 Å². The van der Waals surface area contributed by atoms with Gasteiger partial charge in [0.15, 0.2) is 0 Å². The molecular weight excluding hydrogens is 695 g/mol. The summed E-state index contributed by atoms with van der Waals surface area (Å²) in [4.78, 5) is 10.6. The second-order valence-electron chi connectivity index (χ2n) is 14.6. The van der Waals surface area contributed by atoms with E-state index < -0.39 is 0 Å². The third kappa shape index (κ3) is 4.82. The third-order valence-electron chi connectivity index (χ3n) is 11.5. The Hall–Kier alpha value is -7.76. The molecule has 0 fully saturated rings. The number of hydrogen-bond donors (Lipinski definition) is 0. The van der Waals surface area contributed by atoms with E-state index in [0.717, 1.165) is 55.7 Å². The van der Waals surface area contributed by atoms with Gasteiger partial charge in [-0.25, -0.2) is 9.97 Å². The van der Waals surface area contributed by atoms with Crippen LogP contribution in [0.1, 0.15) is 0 Å². The molecule has 4 aromatic heterocycles. The smallest absolute Gasteiger partial charge is 0.235 e. The van der Waals surface area contributed by atoms with Gasteiger partial charge in [-0.3, -0.25) is 4.57 Å². The molecule has 0 radical (unpaired) electrons. The molecule has 12 rings (SSSR count). The van der Waals surface area contributed by atoms with Crippen LogP contribution >= 0.6 is 0 Å². The summed E-state index contributed by atoms with van der Waals surface area (Å²) in [7, 11) is 0. The average Bonchev–Trinajstić information content (AvgIpc) is 3.92. The van der Waals surface area contributed by atoms with E-state index in [1.54, 1.807) is 0 Å². The molecule has 266 valence electrons.